The second-order valence-corrected chi connectivity index (χ2v) is 7.93. The number of hydrogen-bond donors (Lipinski definition) is 0. The monoisotopic (exact) mass is 396 g/mol. The van der Waals surface area contributed by atoms with E-state index in [-0.39, 0.29) is 12.3 Å². The van der Waals surface area contributed by atoms with E-state index in [1.165, 1.54) is 4.88 Å². The molecule has 0 bridgehead atoms. The lowest BCUT2D eigenvalue weighted by molar-refractivity contribution is -0.0190. The second kappa shape index (κ2) is 6.59. The first-order valence-electron chi connectivity index (χ1n) is 8.72. The molecular formula is C21H17ClN2O2S. The number of hydrogen-bond acceptors (Lipinski definition) is 5. The van der Waals surface area contributed by atoms with Crippen LogP contribution in [0.5, 0.6) is 11.5 Å². The quantitative estimate of drug-likeness (QED) is 0.573. The van der Waals surface area contributed by atoms with Crippen LogP contribution in [0.25, 0.3) is 0 Å². The van der Waals surface area contributed by atoms with E-state index in [1.54, 1.807) is 18.4 Å². The van der Waals surface area contributed by atoms with Gasteiger partial charge in [0.25, 0.3) is 0 Å². The van der Waals surface area contributed by atoms with E-state index >= 15 is 0 Å². The van der Waals surface area contributed by atoms with Crippen LogP contribution in [0.1, 0.15) is 34.7 Å². The molecule has 27 heavy (non-hydrogen) atoms. The van der Waals surface area contributed by atoms with Crippen molar-refractivity contribution in [1.82, 2.24) is 5.01 Å². The van der Waals surface area contributed by atoms with Crippen LogP contribution in [0.15, 0.2) is 65.1 Å². The number of nitrogens with zero attached hydrogens (tertiary/aromatic N) is 2. The summed E-state index contributed by atoms with van der Waals surface area (Å²) in [6.45, 7) is 0. The van der Waals surface area contributed by atoms with Gasteiger partial charge in [-0.15, -0.1) is 11.3 Å². The molecule has 0 fully saturated rings. The number of ether oxygens (including phenoxy) is 2. The molecule has 5 rings (SSSR count). The first-order chi connectivity index (χ1) is 13.2. The molecule has 4 nitrogen and oxygen atoms in total. The van der Waals surface area contributed by atoms with Crippen LogP contribution in [0, 0.1) is 0 Å². The molecule has 0 aliphatic carbocycles. The van der Waals surface area contributed by atoms with Gasteiger partial charge in [-0.05, 0) is 53.9 Å². The van der Waals surface area contributed by atoms with Crippen molar-refractivity contribution in [2.75, 3.05) is 7.11 Å². The van der Waals surface area contributed by atoms with Gasteiger partial charge in [-0.25, -0.2) is 5.01 Å². The Labute approximate surface area is 166 Å². The van der Waals surface area contributed by atoms with Crippen LogP contribution in [-0.4, -0.2) is 17.8 Å². The second-order valence-electron chi connectivity index (χ2n) is 6.55. The third kappa shape index (κ3) is 2.87. The number of hydrazone groups is 1. The van der Waals surface area contributed by atoms with Crippen molar-refractivity contribution in [3.05, 3.63) is 81.0 Å². The highest BCUT2D eigenvalue weighted by Crippen LogP contribution is 2.48. The molecule has 0 N–H and O–H groups in total. The molecule has 2 atom stereocenters. The van der Waals surface area contributed by atoms with Crippen molar-refractivity contribution < 1.29 is 9.47 Å². The molecule has 2 aromatic carbocycles. The minimum atomic E-state index is -0.285. The highest BCUT2D eigenvalue weighted by atomic mass is 35.5. The smallest absolute Gasteiger partial charge is 0.213 e. The summed E-state index contributed by atoms with van der Waals surface area (Å²) in [6, 6.07) is 18.1. The van der Waals surface area contributed by atoms with Gasteiger partial charge in [0.1, 0.15) is 11.5 Å². The maximum absolute atomic E-state index is 6.35. The molecule has 0 saturated carbocycles. The molecule has 0 radical (unpaired) electrons. The Bertz CT molecular complexity index is 1000. The lowest BCUT2D eigenvalue weighted by atomic mass is 9.97. The minimum absolute atomic E-state index is 0.108. The summed E-state index contributed by atoms with van der Waals surface area (Å²) in [6.07, 6.45) is 0.552. The first-order valence-corrected chi connectivity index (χ1v) is 9.98. The number of thiophene rings is 1. The fraction of sp³-hybridized carbons (Fsp3) is 0.190. The molecule has 0 saturated heterocycles. The van der Waals surface area contributed by atoms with Crippen molar-refractivity contribution in [3.63, 3.8) is 0 Å². The molecule has 2 aliphatic heterocycles. The van der Waals surface area contributed by atoms with Crippen LogP contribution >= 0.6 is 22.9 Å². The standard InChI is InChI=1S/C21H17ClN2O2S/c1-25-15-7-4-13(5-8-15)21-24-18(12-17(23-24)20-3-2-10-27-20)16-11-14(22)6-9-19(16)26-21/h2-11,18,21H,12H2,1H3/t18-,21+/m0/s1. The third-order valence-corrected chi connectivity index (χ3v) is 6.11. The van der Waals surface area contributed by atoms with Crippen LogP contribution in [0.4, 0.5) is 0 Å². The SMILES string of the molecule is COc1ccc([C@H]2Oc3ccc(Cl)cc3[C@@H]3CC(c4cccs4)=NN23)cc1. The lowest BCUT2D eigenvalue weighted by Gasteiger charge is -2.38. The Hall–Kier alpha value is -2.50. The van der Waals surface area contributed by atoms with Gasteiger partial charge in [-0.3, -0.25) is 0 Å². The van der Waals surface area contributed by atoms with Crippen LogP contribution in [0.2, 0.25) is 5.02 Å². The van der Waals surface area contributed by atoms with Crippen LogP contribution in [0.3, 0.4) is 0 Å². The predicted octanol–water partition coefficient (Wildman–Crippen LogP) is 5.65. The summed E-state index contributed by atoms with van der Waals surface area (Å²) in [5, 5.41) is 9.80. The Kier molecular flexibility index (Phi) is 4.06. The Morgan fingerprint density at radius 1 is 1.19 bits per heavy atom. The normalized spacial score (nSPS) is 20.5. The van der Waals surface area contributed by atoms with Crippen LogP contribution in [-0.2, 0) is 0 Å². The van der Waals surface area contributed by atoms with Crippen molar-refractivity contribution in [2.45, 2.75) is 18.7 Å². The van der Waals surface area contributed by atoms with E-state index in [9.17, 15) is 0 Å². The zero-order chi connectivity index (χ0) is 18.4. The van der Waals surface area contributed by atoms with E-state index in [4.69, 9.17) is 26.2 Å². The summed E-state index contributed by atoms with van der Waals surface area (Å²) in [5.74, 6) is 1.69. The number of rotatable bonds is 3. The van der Waals surface area contributed by atoms with E-state index in [1.807, 2.05) is 42.5 Å². The van der Waals surface area contributed by atoms with Gasteiger partial charge in [-0.1, -0.05) is 17.7 Å². The van der Waals surface area contributed by atoms with Crippen molar-refractivity contribution in [2.24, 2.45) is 5.10 Å². The predicted molar refractivity (Wildman–Crippen MR) is 108 cm³/mol. The van der Waals surface area contributed by atoms with Crippen LogP contribution < -0.4 is 9.47 Å². The Morgan fingerprint density at radius 2 is 2.04 bits per heavy atom. The fourth-order valence-electron chi connectivity index (χ4n) is 3.64. The molecule has 3 aromatic rings. The maximum Gasteiger partial charge on any atom is 0.213 e. The van der Waals surface area contributed by atoms with Gasteiger partial charge in [0.2, 0.25) is 6.23 Å². The first kappa shape index (κ1) is 16.7. The third-order valence-electron chi connectivity index (χ3n) is 4.96. The van der Waals surface area contributed by atoms with Gasteiger partial charge in [-0.2, -0.15) is 5.10 Å². The Balaban J connectivity index is 1.59. The molecule has 0 spiro atoms. The van der Waals surface area contributed by atoms with E-state index < -0.39 is 0 Å². The van der Waals surface area contributed by atoms with Crippen molar-refractivity contribution >= 4 is 28.6 Å². The average Bonchev–Trinajstić information content (AvgIpc) is 3.37. The highest BCUT2D eigenvalue weighted by molar-refractivity contribution is 7.12. The topological polar surface area (TPSA) is 34.1 Å². The van der Waals surface area contributed by atoms with Crippen molar-refractivity contribution in [3.8, 4) is 11.5 Å². The van der Waals surface area contributed by atoms with Gasteiger partial charge >= 0.3 is 0 Å². The van der Waals surface area contributed by atoms with Gasteiger partial charge < -0.3 is 9.47 Å². The fourth-order valence-corrected chi connectivity index (χ4v) is 4.54. The largest absolute Gasteiger partial charge is 0.497 e. The molecule has 1 aromatic heterocycles. The Morgan fingerprint density at radius 3 is 2.78 bits per heavy atom. The average molecular weight is 397 g/mol. The number of fused-ring (bicyclic) bond motifs is 3. The zero-order valence-corrected chi connectivity index (χ0v) is 16.2. The van der Waals surface area contributed by atoms with Gasteiger partial charge in [0, 0.05) is 22.6 Å². The lowest BCUT2D eigenvalue weighted by Crippen LogP contribution is -2.33. The molecule has 0 unspecified atom stereocenters. The zero-order valence-electron chi connectivity index (χ0n) is 14.6. The number of halogens is 1. The number of methoxy groups -OCH3 is 1. The summed E-state index contributed by atoms with van der Waals surface area (Å²) in [4.78, 5) is 1.20. The number of benzene rings is 2. The van der Waals surface area contributed by atoms with E-state index in [0.29, 0.717) is 5.02 Å². The van der Waals surface area contributed by atoms with E-state index in [0.717, 1.165) is 34.8 Å². The summed E-state index contributed by atoms with van der Waals surface area (Å²) in [5.41, 5.74) is 3.21. The molecule has 2 aliphatic rings. The molecular weight excluding hydrogens is 380 g/mol. The molecule has 3 heterocycles. The van der Waals surface area contributed by atoms with E-state index in [2.05, 4.69) is 22.5 Å². The summed E-state index contributed by atoms with van der Waals surface area (Å²) >= 11 is 7.98. The van der Waals surface area contributed by atoms with Gasteiger partial charge in [0.05, 0.1) is 23.7 Å². The highest BCUT2D eigenvalue weighted by Gasteiger charge is 2.41. The van der Waals surface area contributed by atoms with Crippen molar-refractivity contribution in [1.29, 1.82) is 0 Å². The molecule has 136 valence electrons. The summed E-state index contributed by atoms with van der Waals surface area (Å²) in [7, 11) is 1.67. The molecule has 6 heteroatoms. The van der Waals surface area contributed by atoms with Gasteiger partial charge in [0.15, 0.2) is 0 Å². The minimum Gasteiger partial charge on any atom is -0.497 e. The maximum atomic E-state index is 6.35. The summed E-state index contributed by atoms with van der Waals surface area (Å²) < 4.78 is 11.6. The molecule has 0 amide bonds.